The van der Waals surface area contributed by atoms with Crippen LogP contribution in [0.25, 0.3) is 0 Å². The van der Waals surface area contributed by atoms with E-state index in [9.17, 15) is 45.3 Å². The van der Waals surface area contributed by atoms with Gasteiger partial charge in [0.2, 0.25) is 11.8 Å². The molecule has 2 saturated heterocycles. The molecule has 37 heavy (non-hydrogen) atoms. The highest BCUT2D eigenvalue weighted by Crippen LogP contribution is 2.32. The largest absolute Gasteiger partial charge is 0.394 e. The second-order valence-electron chi connectivity index (χ2n) is 8.82. The van der Waals surface area contributed by atoms with E-state index in [1.165, 1.54) is 32.0 Å². The van der Waals surface area contributed by atoms with Gasteiger partial charge in [-0.2, -0.15) is 0 Å². The molecule has 2 amide bonds. The van der Waals surface area contributed by atoms with Gasteiger partial charge in [0, 0.05) is 19.5 Å². The molecule has 0 spiro atoms. The van der Waals surface area contributed by atoms with Gasteiger partial charge < -0.3 is 65.9 Å². The average molecular weight is 532 g/mol. The maximum Gasteiger partial charge on any atom is 0.221 e. The van der Waals surface area contributed by atoms with Crippen molar-refractivity contribution in [1.82, 2.24) is 0 Å². The molecule has 2 aliphatic rings. The zero-order chi connectivity index (χ0) is 27.4. The summed E-state index contributed by atoms with van der Waals surface area (Å²) in [6, 6.07) is 4.49. The van der Waals surface area contributed by atoms with Crippen LogP contribution in [-0.2, 0) is 23.8 Å². The van der Waals surface area contributed by atoms with Crippen LogP contribution >= 0.6 is 0 Å². The smallest absolute Gasteiger partial charge is 0.221 e. The van der Waals surface area contributed by atoms with Crippen molar-refractivity contribution in [3.63, 3.8) is 0 Å². The number of aliphatic hydroxyl groups is 7. The number of nitrogens with one attached hydrogen (secondary N) is 3. The van der Waals surface area contributed by atoms with Gasteiger partial charge in [-0.3, -0.25) is 9.59 Å². The predicted octanol–water partition coefficient (Wildman–Crippen LogP) is -3.36. The molecule has 0 bridgehead atoms. The van der Waals surface area contributed by atoms with Gasteiger partial charge in [0.25, 0.3) is 0 Å². The van der Waals surface area contributed by atoms with E-state index in [0.29, 0.717) is 5.69 Å². The first-order chi connectivity index (χ1) is 17.5. The van der Waals surface area contributed by atoms with Crippen LogP contribution in [0.15, 0.2) is 18.2 Å². The van der Waals surface area contributed by atoms with E-state index >= 15 is 0 Å². The third-order valence-corrected chi connectivity index (χ3v) is 5.95. The SMILES string of the molecule is CC(=O)Nc1ccc(NC(C)=O)c(N[C@@H]2O[C@H](CO)[C@@H](O[C@H]3O[C@@H](CO)[C@H](O)[C@@H](O)[C@@H]3O)[C@H](O)[C@@H]2O)c1. The average Bonchev–Trinajstić information content (AvgIpc) is 2.84. The minimum Gasteiger partial charge on any atom is -0.394 e. The summed E-state index contributed by atoms with van der Waals surface area (Å²) >= 11 is 0. The van der Waals surface area contributed by atoms with Crippen LogP contribution in [0.3, 0.4) is 0 Å². The summed E-state index contributed by atoms with van der Waals surface area (Å²) in [5, 5.41) is 78.9. The molecule has 0 aliphatic carbocycles. The Bertz CT molecular complexity index is 947. The minimum atomic E-state index is -1.78. The molecule has 208 valence electrons. The van der Waals surface area contributed by atoms with E-state index in [1.807, 2.05) is 0 Å². The molecule has 0 aromatic heterocycles. The van der Waals surface area contributed by atoms with Crippen LogP contribution in [0.4, 0.5) is 17.1 Å². The van der Waals surface area contributed by atoms with Crippen LogP contribution in [0.5, 0.6) is 0 Å². The summed E-state index contributed by atoms with van der Waals surface area (Å²) in [5.41, 5.74) is 0.840. The number of ether oxygens (including phenoxy) is 3. The summed E-state index contributed by atoms with van der Waals surface area (Å²) in [7, 11) is 0. The number of benzene rings is 1. The lowest BCUT2D eigenvalue weighted by Crippen LogP contribution is -2.65. The maximum atomic E-state index is 11.6. The Labute approximate surface area is 211 Å². The summed E-state index contributed by atoms with van der Waals surface area (Å²) in [6.45, 7) is 1.17. The highest BCUT2D eigenvalue weighted by Gasteiger charge is 2.50. The predicted molar refractivity (Wildman–Crippen MR) is 125 cm³/mol. The number of hydrogen-bond donors (Lipinski definition) is 10. The topological polar surface area (TPSA) is 240 Å². The summed E-state index contributed by atoms with van der Waals surface area (Å²) in [5.74, 6) is -0.752. The van der Waals surface area contributed by atoms with Crippen molar-refractivity contribution >= 4 is 28.9 Å². The first-order valence-corrected chi connectivity index (χ1v) is 11.5. The standard InChI is InChI=1S/C22H33N3O12/c1-8(28)23-10-3-4-11(24-9(2)29)12(5-10)25-21-18(33)17(32)20(14(7-27)35-21)37-22-19(34)16(31)15(30)13(6-26)36-22/h3-5,13-22,25-27,30-34H,6-7H2,1-2H3,(H,23,28)(H,24,29)/t13-,14+,15-,16+,17+,18-,19-,20+,21+,22+/m0/s1. The maximum absolute atomic E-state index is 11.6. The second-order valence-corrected chi connectivity index (χ2v) is 8.82. The number of hydrogen-bond acceptors (Lipinski definition) is 13. The molecule has 3 rings (SSSR count). The third-order valence-electron chi connectivity index (χ3n) is 5.95. The summed E-state index contributed by atoms with van der Waals surface area (Å²) in [4.78, 5) is 23.1. The molecule has 15 nitrogen and oxygen atoms in total. The van der Waals surface area contributed by atoms with Gasteiger partial charge in [0.1, 0.15) is 48.8 Å². The van der Waals surface area contributed by atoms with E-state index in [1.54, 1.807) is 0 Å². The molecule has 10 N–H and O–H groups in total. The van der Waals surface area contributed by atoms with Gasteiger partial charge in [-0.25, -0.2) is 0 Å². The molecule has 2 heterocycles. The van der Waals surface area contributed by atoms with E-state index in [4.69, 9.17) is 14.2 Å². The molecule has 1 aromatic rings. The van der Waals surface area contributed by atoms with Gasteiger partial charge in [-0.1, -0.05) is 0 Å². The highest BCUT2D eigenvalue weighted by molar-refractivity contribution is 5.95. The van der Waals surface area contributed by atoms with Crippen LogP contribution in [0.2, 0.25) is 0 Å². The van der Waals surface area contributed by atoms with Crippen molar-refractivity contribution < 1.29 is 59.5 Å². The molecular weight excluding hydrogens is 498 g/mol. The van der Waals surface area contributed by atoms with Gasteiger partial charge in [0.05, 0.1) is 24.6 Å². The number of anilines is 3. The van der Waals surface area contributed by atoms with Crippen LogP contribution < -0.4 is 16.0 Å². The number of aliphatic hydroxyl groups excluding tert-OH is 7. The zero-order valence-corrected chi connectivity index (χ0v) is 20.1. The van der Waals surface area contributed by atoms with Crippen molar-refractivity contribution in [3.05, 3.63) is 18.2 Å². The Kier molecular flexibility index (Phi) is 9.76. The van der Waals surface area contributed by atoms with Crippen LogP contribution in [-0.4, -0.2) is 122 Å². The monoisotopic (exact) mass is 531 g/mol. The van der Waals surface area contributed by atoms with Gasteiger partial charge in [0.15, 0.2) is 12.5 Å². The van der Waals surface area contributed by atoms with E-state index in [0.717, 1.165) is 0 Å². The summed E-state index contributed by atoms with van der Waals surface area (Å²) < 4.78 is 16.5. The fourth-order valence-corrected chi connectivity index (χ4v) is 4.11. The number of carbonyl (C=O) groups is 2. The van der Waals surface area contributed by atoms with Gasteiger partial charge in [-0.15, -0.1) is 0 Å². The quantitative estimate of drug-likeness (QED) is 0.158. The van der Waals surface area contributed by atoms with Crippen molar-refractivity contribution in [2.45, 2.75) is 75.2 Å². The van der Waals surface area contributed by atoms with Crippen molar-refractivity contribution in [1.29, 1.82) is 0 Å². The van der Waals surface area contributed by atoms with E-state index < -0.39 is 80.5 Å². The molecule has 10 atom stereocenters. The molecule has 2 aliphatic heterocycles. The Morgan fingerprint density at radius 2 is 1.46 bits per heavy atom. The van der Waals surface area contributed by atoms with Crippen molar-refractivity contribution in [2.24, 2.45) is 0 Å². The van der Waals surface area contributed by atoms with E-state index in [2.05, 4.69) is 16.0 Å². The van der Waals surface area contributed by atoms with E-state index in [-0.39, 0.29) is 17.3 Å². The summed E-state index contributed by atoms with van der Waals surface area (Å²) in [6.07, 6.45) is -15.6. The normalized spacial score (nSPS) is 36.0. The number of rotatable bonds is 8. The molecule has 0 unspecified atom stereocenters. The van der Waals surface area contributed by atoms with Crippen LogP contribution in [0, 0.1) is 0 Å². The van der Waals surface area contributed by atoms with Gasteiger partial charge in [-0.05, 0) is 18.2 Å². The lowest BCUT2D eigenvalue weighted by Gasteiger charge is -2.46. The fraction of sp³-hybridized carbons (Fsp3) is 0.636. The van der Waals surface area contributed by atoms with Crippen LogP contribution in [0.1, 0.15) is 13.8 Å². The first-order valence-electron chi connectivity index (χ1n) is 11.5. The fourth-order valence-electron chi connectivity index (χ4n) is 4.11. The molecule has 15 heteroatoms. The minimum absolute atomic E-state index is 0.211. The number of carbonyl (C=O) groups excluding carboxylic acids is 2. The highest BCUT2D eigenvalue weighted by atomic mass is 16.7. The zero-order valence-electron chi connectivity index (χ0n) is 20.1. The Morgan fingerprint density at radius 3 is 2.05 bits per heavy atom. The Balaban J connectivity index is 1.80. The Morgan fingerprint density at radius 1 is 0.811 bits per heavy atom. The molecule has 0 saturated carbocycles. The third kappa shape index (κ3) is 6.71. The molecule has 2 fully saturated rings. The molecule has 1 aromatic carbocycles. The first kappa shape index (κ1) is 29.1. The second kappa shape index (κ2) is 12.4. The Hall–Kier alpha value is -2.44. The van der Waals surface area contributed by atoms with Gasteiger partial charge >= 0.3 is 0 Å². The van der Waals surface area contributed by atoms with Crippen molar-refractivity contribution in [3.8, 4) is 0 Å². The lowest BCUT2D eigenvalue weighted by molar-refractivity contribution is -0.340. The lowest BCUT2D eigenvalue weighted by atomic mass is 9.96. The number of amides is 2. The van der Waals surface area contributed by atoms with Crippen molar-refractivity contribution in [2.75, 3.05) is 29.2 Å². The molecule has 0 radical (unpaired) electrons. The molecular formula is C22H33N3O12.